The Balaban J connectivity index is 1.36. The van der Waals surface area contributed by atoms with Gasteiger partial charge in [-0.05, 0) is 41.5 Å². The second kappa shape index (κ2) is 6.13. The third kappa shape index (κ3) is 2.72. The zero-order valence-electron chi connectivity index (χ0n) is 14.7. The number of rotatable bonds is 2. The molecule has 5 nitrogen and oxygen atoms in total. The number of anilines is 2. The molecule has 1 fully saturated rings. The van der Waals surface area contributed by atoms with Crippen molar-refractivity contribution in [3.8, 4) is 0 Å². The Labute approximate surface area is 157 Å². The Kier molecular flexibility index (Phi) is 3.60. The van der Waals surface area contributed by atoms with Gasteiger partial charge >= 0.3 is 0 Å². The van der Waals surface area contributed by atoms with E-state index in [1.54, 1.807) is 0 Å². The minimum Gasteiger partial charge on any atom is -0.356 e. The SMILES string of the molecule is O=C(NC1CC2C(=O)Nc3ccccc3N2C1)c1ccc2ccccc2c1. The second-order valence-corrected chi connectivity index (χ2v) is 7.14. The van der Waals surface area contributed by atoms with Crippen LogP contribution in [0.5, 0.6) is 0 Å². The molecule has 134 valence electrons. The second-order valence-electron chi connectivity index (χ2n) is 7.14. The molecule has 2 heterocycles. The van der Waals surface area contributed by atoms with Crippen LogP contribution in [-0.4, -0.2) is 30.4 Å². The van der Waals surface area contributed by atoms with Crippen molar-refractivity contribution >= 4 is 34.0 Å². The lowest BCUT2D eigenvalue weighted by atomic mass is 10.1. The van der Waals surface area contributed by atoms with Crippen LogP contribution in [0.2, 0.25) is 0 Å². The Morgan fingerprint density at radius 2 is 1.78 bits per heavy atom. The van der Waals surface area contributed by atoms with Gasteiger partial charge in [0, 0.05) is 18.2 Å². The first-order valence-corrected chi connectivity index (χ1v) is 9.15. The molecule has 2 amide bonds. The number of nitrogens with zero attached hydrogens (tertiary/aromatic N) is 1. The number of carbonyl (C=O) groups is 2. The van der Waals surface area contributed by atoms with E-state index in [0.717, 1.165) is 22.1 Å². The molecular formula is C22H19N3O2. The smallest absolute Gasteiger partial charge is 0.251 e. The summed E-state index contributed by atoms with van der Waals surface area (Å²) < 4.78 is 0. The average Bonchev–Trinajstić information content (AvgIpc) is 3.12. The summed E-state index contributed by atoms with van der Waals surface area (Å²) in [5, 5.41) is 8.23. The molecule has 2 N–H and O–H groups in total. The molecule has 0 bridgehead atoms. The van der Waals surface area contributed by atoms with E-state index in [1.807, 2.05) is 66.7 Å². The Morgan fingerprint density at radius 1 is 1.00 bits per heavy atom. The average molecular weight is 357 g/mol. The fourth-order valence-electron chi connectivity index (χ4n) is 4.10. The van der Waals surface area contributed by atoms with Crippen molar-refractivity contribution in [1.82, 2.24) is 5.32 Å². The van der Waals surface area contributed by atoms with Crippen molar-refractivity contribution in [3.63, 3.8) is 0 Å². The monoisotopic (exact) mass is 357 g/mol. The van der Waals surface area contributed by atoms with Gasteiger partial charge in [-0.15, -0.1) is 0 Å². The van der Waals surface area contributed by atoms with Crippen LogP contribution in [0.4, 0.5) is 11.4 Å². The Hall–Kier alpha value is -3.34. The van der Waals surface area contributed by atoms with Crippen LogP contribution in [0, 0.1) is 0 Å². The number of amides is 2. The maximum atomic E-state index is 12.7. The minimum absolute atomic E-state index is 0.00356. The Bertz CT molecular complexity index is 1060. The van der Waals surface area contributed by atoms with Crippen LogP contribution < -0.4 is 15.5 Å². The van der Waals surface area contributed by atoms with Gasteiger partial charge in [0.2, 0.25) is 5.91 Å². The summed E-state index contributed by atoms with van der Waals surface area (Å²) in [5.41, 5.74) is 2.49. The molecule has 1 saturated heterocycles. The normalized spacial score (nSPS) is 20.7. The summed E-state index contributed by atoms with van der Waals surface area (Å²) in [5.74, 6) is -0.101. The maximum Gasteiger partial charge on any atom is 0.251 e. The van der Waals surface area contributed by atoms with Gasteiger partial charge in [-0.2, -0.15) is 0 Å². The number of para-hydroxylation sites is 2. The van der Waals surface area contributed by atoms with Gasteiger partial charge in [0.1, 0.15) is 6.04 Å². The van der Waals surface area contributed by atoms with E-state index >= 15 is 0 Å². The number of nitrogens with one attached hydrogen (secondary N) is 2. The lowest BCUT2D eigenvalue weighted by Gasteiger charge is -2.32. The molecule has 2 atom stereocenters. The van der Waals surface area contributed by atoms with E-state index in [9.17, 15) is 9.59 Å². The van der Waals surface area contributed by atoms with Crippen molar-refractivity contribution in [2.75, 3.05) is 16.8 Å². The van der Waals surface area contributed by atoms with Gasteiger partial charge in [0.05, 0.1) is 11.4 Å². The lowest BCUT2D eigenvalue weighted by molar-refractivity contribution is -0.117. The maximum absolute atomic E-state index is 12.7. The lowest BCUT2D eigenvalue weighted by Crippen LogP contribution is -2.44. The molecule has 3 aromatic carbocycles. The van der Waals surface area contributed by atoms with E-state index < -0.39 is 0 Å². The first-order valence-electron chi connectivity index (χ1n) is 9.15. The van der Waals surface area contributed by atoms with Gasteiger partial charge in [0.25, 0.3) is 5.91 Å². The van der Waals surface area contributed by atoms with Gasteiger partial charge in [-0.25, -0.2) is 0 Å². The van der Waals surface area contributed by atoms with Gasteiger partial charge in [-0.1, -0.05) is 42.5 Å². The third-order valence-corrected chi connectivity index (χ3v) is 5.42. The number of carbonyl (C=O) groups excluding carboxylic acids is 2. The number of hydrogen-bond donors (Lipinski definition) is 2. The predicted octanol–water partition coefficient (Wildman–Crippen LogP) is 3.17. The highest BCUT2D eigenvalue weighted by atomic mass is 16.2. The van der Waals surface area contributed by atoms with E-state index in [2.05, 4.69) is 15.5 Å². The first kappa shape index (κ1) is 15.9. The van der Waals surface area contributed by atoms with E-state index in [1.165, 1.54) is 0 Å². The van der Waals surface area contributed by atoms with Gasteiger partial charge < -0.3 is 15.5 Å². The molecule has 0 aliphatic carbocycles. The van der Waals surface area contributed by atoms with Crippen molar-refractivity contribution in [3.05, 3.63) is 72.3 Å². The first-order chi connectivity index (χ1) is 13.2. The highest BCUT2D eigenvalue weighted by Crippen LogP contribution is 2.36. The zero-order valence-corrected chi connectivity index (χ0v) is 14.7. The summed E-state index contributed by atoms with van der Waals surface area (Å²) >= 11 is 0. The molecule has 5 rings (SSSR count). The Morgan fingerprint density at radius 3 is 2.67 bits per heavy atom. The van der Waals surface area contributed by atoms with Crippen LogP contribution in [0.15, 0.2) is 66.7 Å². The van der Waals surface area contributed by atoms with Crippen LogP contribution in [0.3, 0.4) is 0 Å². The number of fused-ring (bicyclic) bond motifs is 4. The molecule has 0 saturated carbocycles. The molecule has 2 aliphatic heterocycles. The van der Waals surface area contributed by atoms with Crippen LogP contribution in [0.25, 0.3) is 10.8 Å². The van der Waals surface area contributed by atoms with Crippen LogP contribution >= 0.6 is 0 Å². The van der Waals surface area contributed by atoms with Crippen LogP contribution in [-0.2, 0) is 4.79 Å². The van der Waals surface area contributed by atoms with Crippen LogP contribution in [0.1, 0.15) is 16.8 Å². The summed E-state index contributed by atoms with van der Waals surface area (Å²) in [4.78, 5) is 27.3. The molecule has 2 aliphatic rings. The molecular weight excluding hydrogens is 338 g/mol. The molecule has 0 spiro atoms. The van der Waals surface area contributed by atoms with Crippen molar-refractivity contribution in [2.24, 2.45) is 0 Å². The summed E-state index contributed by atoms with van der Waals surface area (Å²) in [6.07, 6.45) is 0.611. The third-order valence-electron chi connectivity index (χ3n) is 5.42. The van der Waals surface area contributed by atoms with Crippen molar-refractivity contribution in [1.29, 1.82) is 0 Å². The zero-order chi connectivity index (χ0) is 18.4. The van der Waals surface area contributed by atoms with Gasteiger partial charge in [-0.3, -0.25) is 9.59 Å². The molecule has 27 heavy (non-hydrogen) atoms. The number of hydrogen-bond acceptors (Lipinski definition) is 3. The molecule has 3 aromatic rings. The van der Waals surface area contributed by atoms with E-state index in [4.69, 9.17) is 0 Å². The topological polar surface area (TPSA) is 61.4 Å². The molecule has 0 radical (unpaired) electrons. The van der Waals surface area contributed by atoms with Crippen molar-refractivity contribution in [2.45, 2.75) is 18.5 Å². The molecule has 0 aromatic heterocycles. The quantitative estimate of drug-likeness (QED) is 0.741. The minimum atomic E-state index is -0.234. The highest BCUT2D eigenvalue weighted by Gasteiger charge is 2.41. The van der Waals surface area contributed by atoms with E-state index in [0.29, 0.717) is 18.5 Å². The fraction of sp³-hybridized carbons (Fsp3) is 0.182. The molecule has 2 unspecified atom stereocenters. The standard InChI is InChI=1S/C22H19N3O2/c26-21(16-10-9-14-5-1-2-6-15(14)11-16)23-17-12-20-22(27)24-18-7-3-4-8-19(18)25(20)13-17/h1-11,17,20H,12-13H2,(H,23,26)(H,24,27). The summed E-state index contributed by atoms with van der Waals surface area (Å²) in [6.45, 7) is 0.633. The van der Waals surface area contributed by atoms with Crippen molar-refractivity contribution < 1.29 is 9.59 Å². The fourth-order valence-corrected chi connectivity index (χ4v) is 4.10. The highest BCUT2D eigenvalue weighted by molar-refractivity contribution is 6.04. The van der Waals surface area contributed by atoms with E-state index in [-0.39, 0.29) is 23.9 Å². The summed E-state index contributed by atoms with van der Waals surface area (Å²) in [7, 11) is 0. The predicted molar refractivity (Wildman–Crippen MR) is 106 cm³/mol. The number of benzene rings is 3. The van der Waals surface area contributed by atoms with Gasteiger partial charge in [0.15, 0.2) is 0 Å². The summed E-state index contributed by atoms with van der Waals surface area (Å²) in [6, 6.07) is 21.2. The molecule has 5 heteroatoms. The largest absolute Gasteiger partial charge is 0.356 e.